The van der Waals surface area contributed by atoms with Gasteiger partial charge >= 0.3 is 25.7 Å². The molecule has 1 saturated heterocycles. The van der Waals surface area contributed by atoms with Crippen LogP contribution in [-0.4, -0.2) is 63.3 Å². The largest absolute Gasteiger partial charge is 0.462 e. The fraction of sp³-hybridized carbons (Fsp3) is 0.667. The number of hydrogen-bond donors (Lipinski definition) is 1. The van der Waals surface area contributed by atoms with E-state index in [9.17, 15) is 23.8 Å². The fourth-order valence-electron chi connectivity index (χ4n) is 3.27. The Morgan fingerprint density at radius 2 is 1.84 bits per heavy atom. The molecule has 2 heterocycles. The van der Waals surface area contributed by atoms with Gasteiger partial charge in [-0.3, -0.25) is 18.9 Å². The first-order valence-electron chi connectivity index (χ1n) is 9.55. The van der Waals surface area contributed by atoms with Crippen LogP contribution in [0.15, 0.2) is 18.7 Å². The zero-order chi connectivity index (χ0) is 23.3. The Balaban J connectivity index is 2.34. The lowest BCUT2D eigenvalue weighted by Crippen LogP contribution is -2.56. The van der Waals surface area contributed by atoms with Crippen LogP contribution in [0.3, 0.4) is 0 Å². The first-order valence-corrected chi connectivity index (χ1v) is 11.1. The Bertz CT molecular complexity index is 829. The summed E-state index contributed by atoms with van der Waals surface area (Å²) in [6, 6.07) is 0. The van der Waals surface area contributed by atoms with Crippen LogP contribution >= 0.6 is 7.75 Å². The molecule has 0 spiro atoms. The van der Waals surface area contributed by atoms with E-state index in [1.165, 1.54) is 33.2 Å². The van der Waals surface area contributed by atoms with E-state index in [-0.39, 0.29) is 12.5 Å². The molecule has 0 saturated carbocycles. The molecule has 13 heteroatoms. The Hall–Kier alpha value is -2.27. The molecule has 12 nitrogen and oxygen atoms in total. The van der Waals surface area contributed by atoms with Crippen molar-refractivity contribution in [3.63, 3.8) is 0 Å². The number of hydrogen-bond acceptors (Lipinski definition) is 10. The third-order valence-electron chi connectivity index (χ3n) is 4.89. The van der Waals surface area contributed by atoms with E-state index in [1.807, 2.05) is 0 Å². The van der Waals surface area contributed by atoms with Crippen LogP contribution in [0.1, 0.15) is 34.6 Å². The van der Waals surface area contributed by atoms with Gasteiger partial charge in [0, 0.05) is 39.1 Å². The molecule has 174 valence electrons. The number of carbonyl (C=O) groups excluding carboxylic acids is 3. The molecule has 3 unspecified atom stereocenters. The lowest BCUT2D eigenvalue weighted by Gasteiger charge is -2.45. The van der Waals surface area contributed by atoms with E-state index in [0.717, 1.165) is 10.7 Å². The molecule has 0 amide bonds. The highest BCUT2D eigenvalue weighted by Crippen LogP contribution is 2.48. The van der Waals surface area contributed by atoms with Crippen molar-refractivity contribution >= 4 is 25.7 Å². The molecule has 1 fully saturated rings. The Morgan fingerprint density at radius 1 is 1.16 bits per heavy atom. The second kappa shape index (κ2) is 10.4. The molecule has 1 aliphatic rings. The smallest absolute Gasteiger partial charge is 0.439 e. The van der Waals surface area contributed by atoms with Crippen molar-refractivity contribution in [1.29, 1.82) is 0 Å². The van der Waals surface area contributed by atoms with Crippen molar-refractivity contribution in [1.82, 2.24) is 9.32 Å². The number of imidazole rings is 1. The second-order valence-electron chi connectivity index (χ2n) is 7.25. The van der Waals surface area contributed by atoms with E-state index in [0.29, 0.717) is 0 Å². The van der Waals surface area contributed by atoms with E-state index >= 15 is 0 Å². The third-order valence-corrected chi connectivity index (χ3v) is 6.19. The second-order valence-corrected chi connectivity index (χ2v) is 8.90. The molecule has 1 aliphatic heterocycles. The van der Waals surface area contributed by atoms with Gasteiger partial charge in [-0.05, 0) is 5.92 Å². The summed E-state index contributed by atoms with van der Waals surface area (Å²) < 4.78 is 40.4. The molecular formula is C18H27N2O10P. The van der Waals surface area contributed by atoms with E-state index in [4.69, 9.17) is 23.5 Å². The van der Waals surface area contributed by atoms with Crippen molar-refractivity contribution in [2.24, 2.45) is 11.8 Å². The average Bonchev–Trinajstić information content (AvgIpc) is 3.20. The third kappa shape index (κ3) is 6.60. The molecule has 1 aromatic rings. The van der Waals surface area contributed by atoms with Crippen molar-refractivity contribution < 1.29 is 47.3 Å². The van der Waals surface area contributed by atoms with Crippen LogP contribution in [0.5, 0.6) is 0 Å². The quantitative estimate of drug-likeness (QED) is 0.338. The Morgan fingerprint density at radius 3 is 2.35 bits per heavy atom. The van der Waals surface area contributed by atoms with Gasteiger partial charge in [0.25, 0.3) is 0 Å². The van der Waals surface area contributed by atoms with Gasteiger partial charge in [-0.1, -0.05) is 13.8 Å². The zero-order valence-electron chi connectivity index (χ0n) is 17.9. The number of ether oxygens (including phenoxy) is 4. The molecule has 31 heavy (non-hydrogen) atoms. The summed E-state index contributed by atoms with van der Waals surface area (Å²) in [5, 5.41) is 0. The van der Waals surface area contributed by atoms with Crippen molar-refractivity contribution in [3.8, 4) is 0 Å². The van der Waals surface area contributed by atoms with Gasteiger partial charge in [-0.2, -0.15) is 0 Å². The molecule has 1 aromatic heterocycles. The standard InChI is InChI=1S/C18H27N2O10P/c1-10-11(2)17(28-14(5)23)18(30-31(24,25)20-7-6-19-9-20)29-16(10)15(27-13(4)22)8-26-12(3)21/h6-7,9-11,15-18H,8H2,1-5H3,(H,24,25)/t10-,11?,15+,16?,17+,18-/m0/s1. The highest BCUT2D eigenvalue weighted by atomic mass is 31.2. The zero-order valence-corrected chi connectivity index (χ0v) is 18.8. The highest BCUT2D eigenvalue weighted by Gasteiger charge is 2.50. The average molecular weight is 462 g/mol. The van der Waals surface area contributed by atoms with Gasteiger partial charge in [0.1, 0.15) is 19.0 Å². The number of esters is 3. The van der Waals surface area contributed by atoms with Crippen LogP contribution in [0.25, 0.3) is 0 Å². The summed E-state index contributed by atoms with van der Waals surface area (Å²) in [6.45, 7) is 6.79. The van der Waals surface area contributed by atoms with E-state index in [2.05, 4.69) is 4.98 Å². The Kier molecular flexibility index (Phi) is 8.35. The number of rotatable bonds is 8. The van der Waals surface area contributed by atoms with Crippen molar-refractivity contribution in [2.75, 3.05) is 6.61 Å². The molecule has 1 N–H and O–H groups in total. The Labute approximate surface area is 179 Å². The van der Waals surface area contributed by atoms with E-state index in [1.54, 1.807) is 13.8 Å². The summed E-state index contributed by atoms with van der Waals surface area (Å²) in [7, 11) is -4.46. The summed E-state index contributed by atoms with van der Waals surface area (Å²) in [6.07, 6.45) is -0.798. The minimum absolute atomic E-state index is 0.292. The van der Waals surface area contributed by atoms with Gasteiger partial charge in [0.05, 0.1) is 0 Å². The van der Waals surface area contributed by atoms with Crippen molar-refractivity contribution in [3.05, 3.63) is 18.7 Å². The van der Waals surface area contributed by atoms with Crippen LogP contribution in [0, 0.1) is 11.8 Å². The fourth-order valence-corrected chi connectivity index (χ4v) is 4.24. The SMILES string of the molecule is CC(=O)OC[C@@H](OC(C)=O)C1O[C@@H](OP(=O)(O)n2ccnc2)[C@H](OC(C)=O)C(C)[C@@H]1C. The highest BCUT2D eigenvalue weighted by molar-refractivity contribution is 7.51. The van der Waals surface area contributed by atoms with Crippen molar-refractivity contribution in [2.45, 2.75) is 59.2 Å². The number of aromatic nitrogens is 2. The molecule has 0 aliphatic carbocycles. The maximum absolute atomic E-state index is 12.7. The van der Waals surface area contributed by atoms with Gasteiger partial charge in [-0.15, -0.1) is 0 Å². The summed E-state index contributed by atoms with van der Waals surface area (Å²) >= 11 is 0. The lowest BCUT2D eigenvalue weighted by molar-refractivity contribution is -0.269. The van der Waals surface area contributed by atoms with E-state index < -0.39 is 56.2 Å². The molecule has 0 bridgehead atoms. The summed E-state index contributed by atoms with van der Waals surface area (Å²) in [4.78, 5) is 48.6. The van der Waals surface area contributed by atoms with Crippen LogP contribution < -0.4 is 0 Å². The van der Waals surface area contributed by atoms with Gasteiger partial charge < -0.3 is 23.8 Å². The summed E-state index contributed by atoms with van der Waals surface area (Å²) in [5.41, 5.74) is 0. The van der Waals surface area contributed by atoms with Gasteiger partial charge in [0.15, 0.2) is 12.2 Å². The molecule has 7 atom stereocenters. The van der Waals surface area contributed by atoms with Crippen LogP contribution in [-0.2, 0) is 42.4 Å². The minimum atomic E-state index is -4.46. The predicted molar refractivity (Wildman–Crippen MR) is 103 cm³/mol. The number of carbonyl (C=O) groups is 3. The maximum Gasteiger partial charge on any atom is 0.439 e. The lowest BCUT2D eigenvalue weighted by atomic mass is 9.81. The predicted octanol–water partition coefficient (Wildman–Crippen LogP) is 1.27. The first kappa shape index (κ1) is 25.0. The normalized spacial score (nSPS) is 28.8. The first-order chi connectivity index (χ1) is 14.4. The topological polar surface area (TPSA) is 152 Å². The monoisotopic (exact) mass is 462 g/mol. The van der Waals surface area contributed by atoms with Crippen LogP contribution in [0.4, 0.5) is 0 Å². The van der Waals surface area contributed by atoms with Gasteiger partial charge in [-0.25, -0.2) is 13.9 Å². The van der Waals surface area contributed by atoms with Gasteiger partial charge in [0.2, 0.25) is 6.29 Å². The van der Waals surface area contributed by atoms with Crippen LogP contribution in [0.2, 0.25) is 0 Å². The maximum atomic E-state index is 12.7. The molecule has 0 radical (unpaired) electrons. The molecule has 0 aromatic carbocycles. The number of nitrogens with zero attached hydrogens (tertiary/aromatic N) is 2. The molecule has 2 rings (SSSR count). The molecular weight excluding hydrogens is 435 g/mol. The summed E-state index contributed by atoms with van der Waals surface area (Å²) in [5.74, 6) is -2.67. The minimum Gasteiger partial charge on any atom is -0.462 e.